The van der Waals surface area contributed by atoms with E-state index in [4.69, 9.17) is 16.3 Å². The first-order chi connectivity index (χ1) is 9.11. The second-order valence-electron chi connectivity index (χ2n) is 4.79. The number of esters is 1. The Morgan fingerprint density at radius 3 is 2.53 bits per heavy atom. The van der Waals surface area contributed by atoms with E-state index < -0.39 is 0 Å². The van der Waals surface area contributed by atoms with Gasteiger partial charge in [0.15, 0.2) is 0 Å². The first-order valence-corrected chi connectivity index (χ1v) is 7.44. The van der Waals surface area contributed by atoms with E-state index in [-0.39, 0.29) is 5.97 Å². The maximum Gasteiger partial charge on any atom is 0.338 e. The summed E-state index contributed by atoms with van der Waals surface area (Å²) in [5.74, 6) is -0.223. The lowest BCUT2D eigenvalue weighted by Crippen LogP contribution is -2.11. The molecule has 0 fully saturated rings. The maximum absolute atomic E-state index is 12.1. The Morgan fingerprint density at radius 1 is 1.21 bits per heavy atom. The molecule has 0 heterocycles. The molecule has 0 spiro atoms. The van der Waals surface area contributed by atoms with Crippen molar-refractivity contribution >= 4 is 17.6 Å². The summed E-state index contributed by atoms with van der Waals surface area (Å²) in [6.07, 6.45) is 4.95. The van der Waals surface area contributed by atoms with E-state index in [9.17, 15) is 4.79 Å². The number of hydrogen-bond acceptors (Lipinski definition) is 2. The van der Waals surface area contributed by atoms with Crippen LogP contribution in [0.3, 0.4) is 0 Å². The molecule has 0 saturated heterocycles. The molecular formula is C16H23ClO2. The predicted molar refractivity (Wildman–Crippen MR) is 80.0 cm³/mol. The Kier molecular flexibility index (Phi) is 6.93. The second kappa shape index (κ2) is 8.21. The SMILES string of the molecule is CCCCOC(=O)c1ccc(Cl)c(C)c1CCCC. The summed E-state index contributed by atoms with van der Waals surface area (Å²) in [6, 6.07) is 3.57. The zero-order valence-corrected chi connectivity index (χ0v) is 12.8. The Morgan fingerprint density at radius 2 is 1.89 bits per heavy atom. The van der Waals surface area contributed by atoms with Crippen LogP contribution in [0.5, 0.6) is 0 Å². The van der Waals surface area contributed by atoms with Crippen molar-refractivity contribution in [1.82, 2.24) is 0 Å². The van der Waals surface area contributed by atoms with Crippen LogP contribution >= 0.6 is 11.6 Å². The van der Waals surface area contributed by atoms with Gasteiger partial charge in [0.2, 0.25) is 0 Å². The Balaban J connectivity index is 2.91. The average Bonchev–Trinajstić information content (AvgIpc) is 2.40. The summed E-state index contributed by atoms with van der Waals surface area (Å²) >= 11 is 6.14. The van der Waals surface area contributed by atoms with E-state index >= 15 is 0 Å². The quantitative estimate of drug-likeness (QED) is 0.522. The lowest BCUT2D eigenvalue weighted by atomic mass is 9.97. The largest absolute Gasteiger partial charge is 0.462 e. The number of rotatable bonds is 7. The molecule has 1 aromatic rings. The van der Waals surface area contributed by atoms with Crippen LogP contribution in [0.2, 0.25) is 5.02 Å². The van der Waals surface area contributed by atoms with Crippen LogP contribution < -0.4 is 0 Å². The van der Waals surface area contributed by atoms with Gasteiger partial charge in [-0.25, -0.2) is 4.79 Å². The average molecular weight is 283 g/mol. The Hall–Kier alpha value is -1.02. The molecule has 19 heavy (non-hydrogen) atoms. The molecule has 0 aromatic heterocycles. The molecule has 0 amide bonds. The first kappa shape index (κ1) is 16.0. The van der Waals surface area contributed by atoms with Crippen LogP contribution in [0.25, 0.3) is 0 Å². The van der Waals surface area contributed by atoms with Gasteiger partial charge in [0.1, 0.15) is 0 Å². The van der Waals surface area contributed by atoms with Gasteiger partial charge in [0.05, 0.1) is 12.2 Å². The molecule has 0 unspecified atom stereocenters. The van der Waals surface area contributed by atoms with E-state index in [0.29, 0.717) is 12.2 Å². The van der Waals surface area contributed by atoms with Crippen LogP contribution in [0, 0.1) is 6.92 Å². The molecule has 0 saturated carbocycles. The third-order valence-corrected chi connectivity index (χ3v) is 3.67. The third-order valence-electron chi connectivity index (χ3n) is 3.26. The minimum absolute atomic E-state index is 0.223. The van der Waals surface area contributed by atoms with E-state index in [0.717, 1.165) is 48.3 Å². The van der Waals surface area contributed by atoms with Gasteiger partial charge in [-0.3, -0.25) is 0 Å². The molecule has 2 nitrogen and oxygen atoms in total. The smallest absolute Gasteiger partial charge is 0.338 e. The van der Waals surface area contributed by atoms with Crippen LogP contribution in [0.4, 0.5) is 0 Å². The zero-order chi connectivity index (χ0) is 14.3. The fraction of sp³-hybridized carbons (Fsp3) is 0.562. The molecule has 0 atom stereocenters. The molecule has 0 radical (unpaired) electrons. The van der Waals surface area contributed by atoms with Gasteiger partial charge in [-0.1, -0.05) is 38.3 Å². The molecule has 0 bridgehead atoms. The summed E-state index contributed by atoms with van der Waals surface area (Å²) in [7, 11) is 0. The van der Waals surface area contributed by atoms with Crippen molar-refractivity contribution in [3.8, 4) is 0 Å². The molecule has 0 aliphatic rings. The molecule has 0 aliphatic heterocycles. The van der Waals surface area contributed by atoms with Crippen LogP contribution in [-0.2, 0) is 11.2 Å². The number of ether oxygens (including phenoxy) is 1. The number of unbranched alkanes of at least 4 members (excludes halogenated alkanes) is 2. The fourth-order valence-electron chi connectivity index (χ4n) is 1.98. The molecule has 106 valence electrons. The van der Waals surface area contributed by atoms with Crippen molar-refractivity contribution < 1.29 is 9.53 Å². The van der Waals surface area contributed by atoms with Gasteiger partial charge in [-0.15, -0.1) is 0 Å². The monoisotopic (exact) mass is 282 g/mol. The van der Waals surface area contributed by atoms with Crippen molar-refractivity contribution in [3.63, 3.8) is 0 Å². The molecule has 1 rings (SSSR count). The molecular weight excluding hydrogens is 260 g/mol. The highest BCUT2D eigenvalue weighted by atomic mass is 35.5. The maximum atomic E-state index is 12.1. The van der Waals surface area contributed by atoms with Gasteiger partial charge in [-0.05, 0) is 49.4 Å². The lowest BCUT2D eigenvalue weighted by molar-refractivity contribution is 0.0498. The normalized spacial score (nSPS) is 10.5. The summed E-state index contributed by atoms with van der Waals surface area (Å²) < 4.78 is 5.30. The minimum Gasteiger partial charge on any atom is -0.462 e. The van der Waals surface area contributed by atoms with Crippen molar-refractivity contribution in [2.45, 2.75) is 52.9 Å². The molecule has 0 N–H and O–H groups in total. The van der Waals surface area contributed by atoms with Crippen molar-refractivity contribution in [2.24, 2.45) is 0 Å². The van der Waals surface area contributed by atoms with E-state index in [1.807, 2.05) is 6.92 Å². The predicted octanol–water partition coefficient (Wildman–Crippen LogP) is 4.95. The third kappa shape index (κ3) is 4.54. The topological polar surface area (TPSA) is 26.3 Å². The standard InChI is InChI=1S/C16H23ClO2/c1-4-6-8-13-12(3)15(17)10-9-14(13)16(18)19-11-7-5-2/h9-10H,4-8,11H2,1-3H3. The van der Waals surface area contributed by atoms with Gasteiger partial charge in [0.25, 0.3) is 0 Å². The van der Waals surface area contributed by atoms with E-state index in [1.165, 1.54) is 0 Å². The van der Waals surface area contributed by atoms with Crippen molar-refractivity contribution in [3.05, 3.63) is 33.8 Å². The molecule has 0 aliphatic carbocycles. The number of halogens is 1. The van der Waals surface area contributed by atoms with Gasteiger partial charge in [0, 0.05) is 5.02 Å². The minimum atomic E-state index is -0.223. The van der Waals surface area contributed by atoms with E-state index in [1.54, 1.807) is 12.1 Å². The van der Waals surface area contributed by atoms with Crippen molar-refractivity contribution in [2.75, 3.05) is 6.61 Å². The summed E-state index contributed by atoms with van der Waals surface area (Å²) in [5.41, 5.74) is 2.71. The van der Waals surface area contributed by atoms with Crippen molar-refractivity contribution in [1.29, 1.82) is 0 Å². The highest BCUT2D eigenvalue weighted by molar-refractivity contribution is 6.31. The number of benzene rings is 1. The summed E-state index contributed by atoms with van der Waals surface area (Å²) in [6.45, 7) is 6.67. The van der Waals surface area contributed by atoms with Crippen LogP contribution in [0.1, 0.15) is 61.0 Å². The second-order valence-corrected chi connectivity index (χ2v) is 5.20. The van der Waals surface area contributed by atoms with Gasteiger partial charge < -0.3 is 4.74 Å². The number of carbonyl (C=O) groups is 1. The number of carbonyl (C=O) groups excluding carboxylic acids is 1. The molecule has 3 heteroatoms. The fourth-order valence-corrected chi connectivity index (χ4v) is 2.16. The summed E-state index contributed by atoms with van der Waals surface area (Å²) in [4.78, 5) is 12.1. The molecule has 1 aromatic carbocycles. The van der Waals surface area contributed by atoms with E-state index in [2.05, 4.69) is 13.8 Å². The number of hydrogen-bond donors (Lipinski definition) is 0. The lowest BCUT2D eigenvalue weighted by Gasteiger charge is -2.13. The zero-order valence-electron chi connectivity index (χ0n) is 12.1. The van der Waals surface area contributed by atoms with Gasteiger partial charge >= 0.3 is 5.97 Å². The van der Waals surface area contributed by atoms with Crippen LogP contribution in [-0.4, -0.2) is 12.6 Å². The van der Waals surface area contributed by atoms with Crippen LogP contribution in [0.15, 0.2) is 12.1 Å². The Labute approximate surface area is 121 Å². The summed E-state index contributed by atoms with van der Waals surface area (Å²) in [5, 5.41) is 0.719. The highest BCUT2D eigenvalue weighted by Crippen LogP contribution is 2.25. The first-order valence-electron chi connectivity index (χ1n) is 7.06. The highest BCUT2D eigenvalue weighted by Gasteiger charge is 2.16. The Bertz CT molecular complexity index is 427. The van der Waals surface area contributed by atoms with Gasteiger partial charge in [-0.2, -0.15) is 0 Å².